The Morgan fingerprint density at radius 3 is 2.30 bits per heavy atom. The molecule has 0 unspecified atom stereocenters. The number of hydrogen-bond acceptors (Lipinski definition) is 2. The summed E-state index contributed by atoms with van der Waals surface area (Å²) in [7, 11) is 0. The Balaban J connectivity index is 2.93. The summed E-state index contributed by atoms with van der Waals surface area (Å²) < 4.78 is 0. The zero-order valence-corrected chi connectivity index (χ0v) is 12.7. The molecule has 0 aliphatic carbocycles. The van der Waals surface area contributed by atoms with Crippen molar-refractivity contribution >= 4 is 17.7 Å². The van der Waals surface area contributed by atoms with Crippen molar-refractivity contribution in [3.63, 3.8) is 0 Å². The zero-order chi connectivity index (χ0) is 15.5. The number of aryl methyl sites for hydroxylation is 2. The average Bonchev–Trinajstić information content (AvgIpc) is 2.34. The minimum Gasteiger partial charge on any atom is -0.480 e. The van der Waals surface area contributed by atoms with Gasteiger partial charge >= 0.3 is 12.0 Å². The van der Waals surface area contributed by atoms with Gasteiger partial charge in [0.15, 0.2) is 0 Å². The second kappa shape index (κ2) is 5.94. The Bertz CT molecular complexity index is 524. The first-order valence-corrected chi connectivity index (χ1v) is 6.59. The molecular formula is C15H22N2O3. The van der Waals surface area contributed by atoms with Gasteiger partial charge in [0.05, 0.1) is 0 Å². The number of rotatable bonds is 4. The number of urea groups is 1. The number of amides is 2. The molecule has 0 radical (unpaired) electrons. The number of benzene rings is 1. The fourth-order valence-electron chi connectivity index (χ4n) is 1.92. The highest BCUT2D eigenvalue weighted by Crippen LogP contribution is 2.18. The van der Waals surface area contributed by atoms with E-state index in [0.29, 0.717) is 12.2 Å². The van der Waals surface area contributed by atoms with Crippen LogP contribution in [0.2, 0.25) is 0 Å². The van der Waals surface area contributed by atoms with Crippen LogP contribution in [0.1, 0.15) is 31.9 Å². The molecule has 0 atom stereocenters. The van der Waals surface area contributed by atoms with Gasteiger partial charge in [0.25, 0.3) is 0 Å². The molecule has 20 heavy (non-hydrogen) atoms. The van der Waals surface area contributed by atoms with Crippen LogP contribution in [-0.2, 0) is 4.79 Å². The highest BCUT2D eigenvalue weighted by molar-refractivity contribution is 5.93. The lowest BCUT2D eigenvalue weighted by molar-refractivity contribution is -0.147. The Labute approximate surface area is 119 Å². The number of carbonyl (C=O) groups is 2. The highest BCUT2D eigenvalue weighted by Gasteiger charge is 2.36. The molecule has 1 aromatic carbocycles. The fraction of sp³-hybridized carbons (Fsp3) is 0.467. The maximum atomic E-state index is 12.2. The average molecular weight is 278 g/mol. The molecule has 0 aliphatic rings. The van der Waals surface area contributed by atoms with Crippen molar-refractivity contribution in [3.8, 4) is 0 Å². The van der Waals surface area contributed by atoms with Crippen molar-refractivity contribution in [3.05, 3.63) is 29.3 Å². The minimum absolute atomic E-state index is 0.315. The lowest BCUT2D eigenvalue weighted by Crippen LogP contribution is -2.54. The van der Waals surface area contributed by atoms with Crippen LogP contribution in [-0.4, -0.2) is 34.1 Å². The molecule has 5 nitrogen and oxygen atoms in total. The van der Waals surface area contributed by atoms with Gasteiger partial charge in [-0.3, -0.25) is 0 Å². The van der Waals surface area contributed by atoms with E-state index in [1.165, 1.54) is 18.7 Å². The van der Waals surface area contributed by atoms with Gasteiger partial charge < -0.3 is 15.3 Å². The van der Waals surface area contributed by atoms with Gasteiger partial charge in [-0.15, -0.1) is 0 Å². The van der Waals surface area contributed by atoms with E-state index in [1.807, 2.05) is 32.0 Å². The summed E-state index contributed by atoms with van der Waals surface area (Å²) >= 11 is 0. The van der Waals surface area contributed by atoms with E-state index in [1.54, 1.807) is 6.92 Å². The molecule has 0 saturated carbocycles. The van der Waals surface area contributed by atoms with Gasteiger partial charge in [0.1, 0.15) is 5.54 Å². The van der Waals surface area contributed by atoms with E-state index in [0.717, 1.165) is 11.1 Å². The zero-order valence-electron chi connectivity index (χ0n) is 12.7. The van der Waals surface area contributed by atoms with E-state index in [-0.39, 0.29) is 0 Å². The number of anilines is 1. The van der Waals surface area contributed by atoms with Crippen molar-refractivity contribution in [1.82, 2.24) is 4.90 Å². The minimum atomic E-state index is -1.25. The third kappa shape index (κ3) is 3.29. The summed E-state index contributed by atoms with van der Waals surface area (Å²) in [5.74, 6) is -1.03. The molecule has 0 aromatic heterocycles. The summed E-state index contributed by atoms with van der Waals surface area (Å²) in [6.45, 7) is 9.05. The molecule has 2 amide bonds. The smallest absolute Gasteiger partial charge is 0.329 e. The number of aliphatic carboxylic acids is 1. The van der Waals surface area contributed by atoms with Crippen LogP contribution in [0.5, 0.6) is 0 Å². The van der Waals surface area contributed by atoms with Crippen LogP contribution >= 0.6 is 0 Å². The van der Waals surface area contributed by atoms with Gasteiger partial charge in [0.2, 0.25) is 0 Å². The highest BCUT2D eigenvalue weighted by atomic mass is 16.4. The molecule has 0 bridgehead atoms. The van der Waals surface area contributed by atoms with Crippen molar-refractivity contribution in [2.75, 3.05) is 11.9 Å². The molecule has 110 valence electrons. The molecule has 2 N–H and O–H groups in total. The molecule has 5 heteroatoms. The van der Waals surface area contributed by atoms with Crippen molar-refractivity contribution < 1.29 is 14.7 Å². The topological polar surface area (TPSA) is 69.6 Å². The third-order valence-corrected chi connectivity index (χ3v) is 3.52. The van der Waals surface area contributed by atoms with Crippen LogP contribution in [0.15, 0.2) is 18.2 Å². The van der Waals surface area contributed by atoms with Gasteiger partial charge in [-0.2, -0.15) is 0 Å². The molecule has 0 fully saturated rings. The number of carboxylic acids is 1. The van der Waals surface area contributed by atoms with Crippen LogP contribution in [0, 0.1) is 13.8 Å². The quantitative estimate of drug-likeness (QED) is 0.889. The predicted molar refractivity (Wildman–Crippen MR) is 79.0 cm³/mol. The third-order valence-electron chi connectivity index (χ3n) is 3.52. The molecule has 0 aliphatic heterocycles. The van der Waals surface area contributed by atoms with Crippen LogP contribution in [0.4, 0.5) is 10.5 Å². The number of nitrogens with one attached hydrogen (secondary N) is 1. The Morgan fingerprint density at radius 2 is 1.85 bits per heavy atom. The maximum Gasteiger partial charge on any atom is 0.329 e. The SMILES string of the molecule is CCN(C(=O)Nc1ccc(C)c(C)c1)C(C)(C)C(=O)O. The second-order valence-corrected chi connectivity index (χ2v) is 5.34. The molecule has 0 spiro atoms. The number of likely N-dealkylation sites (N-methyl/N-ethyl adjacent to an activating group) is 1. The first-order chi connectivity index (χ1) is 9.20. The summed E-state index contributed by atoms with van der Waals surface area (Å²) in [5, 5.41) is 12.0. The van der Waals surface area contributed by atoms with Crippen molar-refractivity contribution in [1.29, 1.82) is 0 Å². The van der Waals surface area contributed by atoms with E-state index in [9.17, 15) is 14.7 Å². The number of nitrogens with zero attached hydrogens (tertiary/aromatic N) is 1. The maximum absolute atomic E-state index is 12.2. The van der Waals surface area contributed by atoms with E-state index >= 15 is 0 Å². The molecular weight excluding hydrogens is 256 g/mol. The molecule has 0 saturated heterocycles. The summed E-state index contributed by atoms with van der Waals surface area (Å²) in [6, 6.07) is 5.18. The van der Waals surface area contributed by atoms with Crippen LogP contribution in [0.25, 0.3) is 0 Å². The molecule has 1 aromatic rings. The van der Waals surface area contributed by atoms with Gasteiger partial charge in [0, 0.05) is 12.2 Å². The first kappa shape index (κ1) is 16.0. The van der Waals surface area contributed by atoms with Crippen molar-refractivity contribution in [2.45, 2.75) is 40.2 Å². The molecule has 1 rings (SSSR count). The Hall–Kier alpha value is -2.04. The summed E-state index contributed by atoms with van der Waals surface area (Å²) in [5.41, 5.74) is 1.63. The lowest BCUT2D eigenvalue weighted by atomic mass is 10.0. The number of hydrogen-bond donors (Lipinski definition) is 2. The largest absolute Gasteiger partial charge is 0.480 e. The summed E-state index contributed by atoms with van der Waals surface area (Å²) in [6.07, 6.45) is 0. The second-order valence-electron chi connectivity index (χ2n) is 5.34. The normalized spacial score (nSPS) is 11.1. The van der Waals surface area contributed by atoms with Crippen LogP contribution < -0.4 is 5.32 Å². The lowest BCUT2D eigenvalue weighted by Gasteiger charge is -2.34. The van der Waals surface area contributed by atoms with Gasteiger partial charge in [-0.1, -0.05) is 6.07 Å². The van der Waals surface area contributed by atoms with Crippen LogP contribution in [0.3, 0.4) is 0 Å². The first-order valence-electron chi connectivity index (χ1n) is 6.59. The van der Waals surface area contributed by atoms with Crippen molar-refractivity contribution in [2.24, 2.45) is 0 Å². The number of carboxylic acid groups (broad SMARTS) is 1. The van der Waals surface area contributed by atoms with Gasteiger partial charge in [-0.25, -0.2) is 9.59 Å². The Kier molecular flexibility index (Phi) is 4.76. The Morgan fingerprint density at radius 1 is 1.25 bits per heavy atom. The van der Waals surface area contributed by atoms with E-state index in [2.05, 4.69) is 5.32 Å². The van der Waals surface area contributed by atoms with E-state index < -0.39 is 17.5 Å². The number of carbonyl (C=O) groups excluding carboxylic acids is 1. The van der Waals surface area contributed by atoms with Gasteiger partial charge in [-0.05, 0) is 57.9 Å². The predicted octanol–water partition coefficient (Wildman–Crippen LogP) is 3.02. The fourth-order valence-corrected chi connectivity index (χ4v) is 1.92. The standard InChI is InChI=1S/C15H22N2O3/c1-6-17(15(4,5)13(18)19)14(20)16-12-8-7-10(2)11(3)9-12/h7-9H,6H2,1-5H3,(H,16,20)(H,18,19). The monoisotopic (exact) mass is 278 g/mol. The molecule has 0 heterocycles. The summed E-state index contributed by atoms with van der Waals surface area (Å²) in [4.78, 5) is 24.8. The van der Waals surface area contributed by atoms with E-state index in [4.69, 9.17) is 0 Å².